The first-order chi connectivity index (χ1) is 6.25. The highest BCUT2D eigenvalue weighted by atomic mass is 35.5. The van der Waals surface area contributed by atoms with Crippen molar-refractivity contribution in [3.8, 4) is 11.3 Å². The fourth-order valence-corrected chi connectivity index (χ4v) is 1.28. The third-order valence-corrected chi connectivity index (χ3v) is 1.81. The average Bonchev–Trinajstić information content (AvgIpc) is 2.53. The number of rotatable bonds is 1. The molecule has 0 saturated carbocycles. The highest BCUT2D eigenvalue weighted by molar-refractivity contribution is 6.30. The van der Waals surface area contributed by atoms with Gasteiger partial charge >= 0.3 is 0 Å². The molecule has 0 amide bonds. The normalized spacial score (nSPS) is 10.3. The molecule has 0 bridgehead atoms. The summed E-state index contributed by atoms with van der Waals surface area (Å²) in [5.41, 5.74) is 1.18. The lowest BCUT2D eigenvalue weighted by Crippen LogP contribution is -1.80. The second kappa shape index (κ2) is 3.18. The number of nitrogens with zero attached hydrogens (tertiary/aromatic N) is 1. The summed E-state index contributed by atoms with van der Waals surface area (Å²) in [7, 11) is 0. The summed E-state index contributed by atoms with van der Waals surface area (Å²) in [5, 5.41) is 4.01. The van der Waals surface area contributed by atoms with Gasteiger partial charge in [0, 0.05) is 16.7 Å². The van der Waals surface area contributed by atoms with Gasteiger partial charge in [-0.05, 0) is 18.2 Å². The minimum Gasteiger partial charge on any atom is -0.364 e. The fraction of sp³-hybridized carbons (Fsp3) is 0. The zero-order valence-corrected chi connectivity index (χ0v) is 7.25. The Balaban J connectivity index is 2.53. The molecule has 0 radical (unpaired) electrons. The van der Waals surface area contributed by atoms with Crippen molar-refractivity contribution in [3.63, 3.8) is 0 Å². The maximum atomic E-state index is 12.9. The van der Waals surface area contributed by atoms with Gasteiger partial charge in [0.2, 0.25) is 0 Å². The number of hydrogen-bond acceptors (Lipinski definition) is 2. The molecule has 1 aromatic carbocycles. The lowest BCUT2D eigenvalue weighted by molar-refractivity contribution is 0.422. The summed E-state index contributed by atoms with van der Waals surface area (Å²) >= 11 is 5.67. The van der Waals surface area contributed by atoms with E-state index in [1.807, 2.05) is 0 Å². The second-order valence-electron chi connectivity index (χ2n) is 2.54. The number of hydrogen-bond donors (Lipinski definition) is 0. The lowest BCUT2D eigenvalue weighted by Gasteiger charge is -1.96. The summed E-state index contributed by atoms with van der Waals surface area (Å²) in [6.45, 7) is 0. The largest absolute Gasteiger partial charge is 0.364 e. The highest BCUT2D eigenvalue weighted by Crippen LogP contribution is 2.22. The van der Waals surface area contributed by atoms with Crippen LogP contribution in [0.4, 0.5) is 4.39 Å². The predicted octanol–water partition coefficient (Wildman–Crippen LogP) is 3.13. The smallest absolute Gasteiger partial charge is 0.125 e. The monoisotopic (exact) mass is 197 g/mol. The van der Waals surface area contributed by atoms with E-state index in [0.717, 1.165) is 0 Å². The van der Waals surface area contributed by atoms with Crippen molar-refractivity contribution in [3.05, 3.63) is 41.4 Å². The van der Waals surface area contributed by atoms with Gasteiger partial charge in [0.25, 0.3) is 0 Å². The van der Waals surface area contributed by atoms with Gasteiger partial charge in [0.15, 0.2) is 0 Å². The second-order valence-corrected chi connectivity index (χ2v) is 2.98. The van der Waals surface area contributed by atoms with Crippen LogP contribution in [0.1, 0.15) is 0 Å². The Morgan fingerprint density at radius 2 is 2.15 bits per heavy atom. The molecule has 66 valence electrons. The maximum Gasteiger partial charge on any atom is 0.125 e. The van der Waals surface area contributed by atoms with Gasteiger partial charge in [0.05, 0.1) is 0 Å². The van der Waals surface area contributed by atoms with Crippen LogP contribution in [-0.4, -0.2) is 5.16 Å². The molecule has 0 saturated heterocycles. The molecule has 0 unspecified atom stereocenters. The van der Waals surface area contributed by atoms with Gasteiger partial charge in [-0.1, -0.05) is 16.8 Å². The van der Waals surface area contributed by atoms with Gasteiger partial charge in [0.1, 0.15) is 17.8 Å². The highest BCUT2D eigenvalue weighted by Gasteiger charge is 2.04. The summed E-state index contributed by atoms with van der Waals surface area (Å²) in [5.74, 6) is -0.384. The van der Waals surface area contributed by atoms with Crippen LogP contribution in [-0.2, 0) is 0 Å². The van der Waals surface area contributed by atoms with Crippen molar-refractivity contribution < 1.29 is 8.91 Å². The maximum absolute atomic E-state index is 12.9. The van der Waals surface area contributed by atoms with Crippen LogP contribution in [0.3, 0.4) is 0 Å². The van der Waals surface area contributed by atoms with Crippen LogP contribution < -0.4 is 0 Å². The summed E-state index contributed by atoms with van der Waals surface area (Å²) < 4.78 is 17.5. The van der Waals surface area contributed by atoms with Crippen LogP contribution in [0.2, 0.25) is 5.02 Å². The van der Waals surface area contributed by atoms with Crippen LogP contribution in [0, 0.1) is 5.82 Å². The molecule has 1 aromatic heterocycles. The molecule has 4 heteroatoms. The molecular weight excluding hydrogens is 193 g/mol. The molecule has 0 aliphatic heterocycles. The lowest BCUT2D eigenvalue weighted by atomic mass is 10.1. The summed E-state index contributed by atoms with van der Waals surface area (Å²) in [4.78, 5) is 0. The Morgan fingerprint density at radius 1 is 1.31 bits per heavy atom. The van der Waals surface area contributed by atoms with Gasteiger partial charge in [-0.15, -0.1) is 0 Å². The first kappa shape index (κ1) is 8.26. The van der Waals surface area contributed by atoms with E-state index in [9.17, 15) is 4.39 Å². The third kappa shape index (κ3) is 1.70. The van der Waals surface area contributed by atoms with Crippen molar-refractivity contribution in [2.45, 2.75) is 0 Å². The number of halogens is 2. The van der Waals surface area contributed by atoms with Crippen molar-refractivity contribution in [1.29, 1.82) is 0 Å². The first-order valence-corrected chi connectivity index (χ1v) is 4.00. The van der Waals surface area contributed by atoms with E-state index >= 15 is 0 Å². The molecule has 1 heterocycles. The van der Waals surface area contributed by atoms with Crippen LogP contribution >= 0.6 is 11.6 Å². The van der Waals surface area contributed by atoms with E-state index < -0.39 is 0 Å². The van der Waals surface area contributed by atoms with E-state index in [2.05, 4.69) is 9.68 Å². The van der Waals surface area contributed by atoms with Crippen LogP contribution in [0.25, 0.3) is 11.3 Å². The van der Waals surface area contributed by atoms with E-state index in [1.54, 1.807) is 12.1 Å². The van der Waals surface area contributed by atoms with Gasteiger partial charge < -0.3 is 4.52 Å². The van der Waals surface area contributed by atoms with Gasteiger partial charge in [-0.25, -0.2) is 4.39 Å². The Labute approximate surface area is 78.9 Å². The standard InChI is InChI=1S/C9H5ClFNO/c10-7-3-6(4-8(11)5-7)9-1-2-13-12-9/h1-5H. The van der Waals surface area contributed by atoms with Crippen molar-refractivity contribution in [1.82, 2.24) is 5.16 Å². The molecule has 0 atom stereocenters. The minimum atomic E-state index is -0.384. The molecule has 2 rings (SSSR count). The molecule has 0 aliphatic carbocycles. The zero-order chi connectivity index (χ0) is 9.26. The number of aromatic nitrogens is 1. The van der Waals surface area contributed by atoms with E-state index in [0.29, 0.717) is 16.3 Å². The van der Waals surface area contributed by atoms with E-state index in [4.69, 9.17) is 11.6 Å². The minimum absolute atomic E-state index is 0.345. The van der Waals surface area contributed by atoms with E-state index in [-0.39, 0.29) is 5.82 Å². The molecule has 0 N–H and O–H groups in total. The van der Waals surface area contributed by atoms with Gasteiger partial charge in [-0.2, -0.15) is 0 Å². The van der Waals surface area contributed by atoms with Gasteiger partial charge in [-0.3, -0.25) is 0 Å². The zero-order valence-electron chi connectivity index (χ0n) is 6.50. The van der Waals surface area contributed by atoms with E-state index in [1.165, 1.54) is 18.4 Å². The fourth-order valence-electron chi connectivity index (χ4n) is 1.06. The quantitative estimate of drug-likeness (QED) is 0.702. The Bertz CT molecular complexity index is 393. The number of benzene rings is 1. The Hall–Kier alpha value is -1.35. The van der Waals surface area contributed by atoms with Crippen molar-refractivity contribution in [2.24, 2.45) is 0 Å². The summed E-state index contributed by atoms with van der Waals surface area (Å²) in [6, 6.07) is 5.86. The van der Waals surface area contributed by atoms with Crippen molar-refractivity contribution in [2.75, 3.05) is 0 Å². The topological polar surface area (TPSA) is 26.0 Å². The van der Waals surface area contributed by atoms with Crippen LogP contribution in [0.15, 0.2) is 35.1 Å². The molecular formula is C9H5ClFNO. The first-order valence-electron chi connectivity index (χ1n) is 3.62. The Morgan fingerprint density at radius 3 is 2.77 bits per heavy atom. The average molecular weight is 198 g/mol. The summed E-state index contributed by atoms with van der Waals surface area (Å²) in [6.07, 6.45) is 1.42. The predicted molar refractivity (Wildman–Crippen MR) is 46.9 cm³/mol. The third-order valence-electron chi connectivity index (χ3n) is 1.60. The molecule has 2 aromatic rings. The molecule has 0 aliphatic rings. The molecule has 13 heavy (non-hydrogen) atoms. The molecule has 0 spiro atoms. The SMILES string of the molecule is Fc1cc(Cl)cc(-c2ccon2)c1. The van der Waals surface area contributed by atoms with Crippen LogP contribution in [0.5, 0.6) is 0 Å². The van der Waals surface area contributed by atoms with Crippen molar-refractivity contribution >= 4 is 11.6 Å². The molecule has 2 nitrogen and oxygen atoms in total. The molecule has 0 fully saturated rings. The Kier molecular flexibility index (Phi) is 2.02.